The zero-order chi connectivity index (χ0) is 12.5. The van der Waals surface area contributed by atoms with Crippen molar-refractivity contribution in [2.45, 2.75) is 30.6 Å². The Balaban J connectivity index is 1.82. The lowest BCUT2D eigenvalue weighted by molar-refractivity contribution is 0.768. The van der Waals surface area contributed by atoms with Gasteiger partial charge in [0, 0.05) is 15.8 Å². The SMILES string of the molecule is CSC1CCCC1Nc1nc2ccc(Br)cc2s1. The van der Waals surface area contributed by atoms with Gasteiger partial charge in [-0.3, -0.25) is 0 Å². The minimum Gasteiger partial charge on any atom is -0.358 e. The highest BCUT2D eigenvalue weighted by Crippen LogP contribution is 2.34. The van der Waals surface area contributed by atoms with Gasteiger partial charge in [-0.15, -0.1) is 0 Å². The molecular weight excluding hydrogens is 328 g/mol. The van der Waals surface area contributed by atoms with E-state index in [9.17, 15) is 0 Å². The fourth-order valence-corrected chi connectivity index (χ4v) is 4.91. The molecule has 0 spiro atoms. The van der Waals surface area contributed by atoms with E-state index in [-0.39, 0.29) is 0 Å². The van der Waals surface area contributed by atoms with Crippen LogP contribution < -0.4 is 5.32 Å². The monoisotopic (exact) mass is 342 g/mol. The van der Waals surface area contributed by atoms with Crippen molar-refractivity contribution < 1.29 is 0 Å². The third-order valence-corrected chi connectivity index (χ3v) is 6.03. The number of anilines is 1. The van der Waals surface area contributed by atoms with Crippen molar-refractivity contribution in [1.82, 2.24) is 4.98 Å². The number of benzene rings is 1. The van der Waals surface area contributed by atoms with Crippen LogP contribution in [-0.2, 0) is 0 Å². The lowest BCUT2D eigenvalue weighted by Crippen LogP contribution is -2.25. The van der Waals surface area contributed by atoms with Crippen molar-refractivity contribution in [1.29, 1.82) is 0 Å². The van der Waals surface area contributed by atoms with Gasteiger partial charge in [-0.2, -0.15) is 11.8 Å². The van der Waals surface area contributed by atoms with Crippen LogP contribution in [0.2, 0.25) is 0 Å². The van der Waals surface area contributed by atoms with E-state index in [1.54, 1.807) is 11.3 Å². The average Bonchev–Trinajstić information content (AvgIpc) is 2.94. The molecule has 1 aromatic carbocycles. The van der Waals surface area contributed by atoms with Gasteiger partial charge in [0.15, 0.2) is 5.13 Å². The Morgan fingerprint density at radius 3 is 3.17 bits per heavy atom. The first kappa shape index (κ1) is 12.8. The summed E-state index contributed by atoms with van der Waals surface area (Å²) in [5.74, 6) is 0. The molecule has 3 rings (SSSR count). The highest BCUT2D eigenvalue weighted by atomic mass is 79.9. The Hall–Kier alpha value is -0.260. The molecule has 0 bridgehead atoms. The number of rotatable bonds is 3. The molecule has 1 saturated carbocycles. The first-order valence-corrected chi connectivity index (χ1v) is 9.01. The van der Waals surface area contributed by atoms with E-state index in [0.29, 0.717) is 6.04 Å². The maximum Gasteiger partial charge on any atom is 0.184 e. The smallest absolute Gasteiger partial charge is 0.184 e. The summed E-state index contributed by atoms with van der Waals surface area (Å²) in [4.78, 5) is 4.66. The Kier molecular flexibility index (Phi) is 3.82. The minimum atomic E-state index is 0.587. The zero-order valence-electron chi connectivity index (χ0n) is 10.1. The molecule has 2 aromatic rings. The summed E-state index contributed by atoms with van der Waals surface area (Å²) in [7, 11) is 0. The molecule has 1 N–H and O–H groups in total. The van der Waals surface area contributed by atoms with Gasteiger partial charge in [-0.05, 0) is 37.3 Å². The van der Waals surface area contributed by atoms with Gasteiger partial charge in [0.2, 0.25) is 0 Å². The van der Waals surface area contributed by atoms with Gasteiger partial charge < -0.3 is 5.32 Å². The summed E-state index contributed by atoms with van der Waals surface area (Å²) < 4.78 is 2.36. The van der Waals surface area contributed by atoms with Crippen LogP contribution in [-0.4, -0.2) is 22.5 Å². The number of nitrogens with zero attached hydrogens (tertiary/aromatic N) is 1. The standard InChI is InChI=1S/C13H15BrN2S2/c1-17-11-4-2-3-9(11)15-13-16-10-6-5-8(14)7-12(10)18-13/h5-7,9,11H,2-4H2,1H3,(H,15,16). The van der Waals surface area contributed by atoms with Crippen molar-refractivity contribution in [2.24, 2.45) is 0 Å². The summed E-state index contributed by atoms with van der Waals surface area (Å²) >= 11 is 7.23. The molecule has 2 nitrogen and oxygen atoms in total. The second-order valence-corrected chi connectivity index (χ2v) is 7.61. The van der Waals surface area contributed by atoms with E-state index in [2.05, 4.69) is 44.6 Å². The number of thioether (sulfide) groups is 1. The van der Waals surface area contributed by atoms with Crippen molar-refractivity contribution in [3.63, 3.8) is 0 Å². The van der Waals surface area contributed by atoms with Gasteiger partial charge in [-0.1, -0.05) is 33.7 Å². The summed E-state index contributed by atoms with van der Waals surface area (Å²) in [6, 6.07) is 6.84. The molecule has 1 aliphatic carbocycles. The molecule has 1 fully saturated rings. The number of aromatic nitrogens is 1. The van der Waals surface area contributed by atoms with E-state index >= 15 is 0 Å². The number of nitrogens with one attached hydrogen (secondary N) is 1. The Morgan fingerprint density at radius 1 is 1.44 bits per heavy atom. The number of hydrogen-bond acceptors (Lipinski definition) is 4. The fourth-order valence-electron chi connectivity index (χ4n) is 2.49. The first-order chi connectivity index (χ1) is 8.76. The number of hydrogen-bond donors (Lipinski definition) is 1. The Morgan fingerprint density at radius 2 is 2.33 bits per heavy atom. The fraction of sp³-hybridized carbons (Fsp3) is 0.462. The van der Waals surface area contributed by atoms with Crippen LogP contribution in [0, 0.1) is 0 Å². The van der Waals surface area contributed by atoms with Crippen LogP contribution in [0.3, 0.4) is 0 Å². The maximum absolute atomic E-state index is 4.66. The Bertz CT molecular complexity index is 555. The normalized spacial score (nSPS) is 23.7. The Labute approximate surface area is 124 Å². The van der Waals surface area contributed by atoms with E-state index in [4.69, 9.17) is 0 Å². The van der Waals surface area contributed by atoms with Gasteiger partial charge in [-0.25, -0.2) is 4.98 Å². The van der Waals surface area contributed by atoms with Crippen molar-refractivity contribution >= 4 is 54.4 Å². The molecule has 2 unspecified atom stereocenters. The summed E-state index contributed by atoms with van der Waals surface area (Å²) in [6.07, 6.45) is 6.14. The molecule has 2 atom stereocenters. The molecule has 18 heavy (non-hydrogen) atoms. The third-order valence-electron chi connectivity index (χ3n) is 3.41. The molecule has 0 aliphatic heterocycles. The molecule has 0 amide bonds. The summed E-state index contributed by atoms with van der Waals surface area (Å²) in [6.45, 7) is 0. The summed E-state index contributed by atoms with van der Waals surface area (Å²) in [5.41, 5.74) is 1.09. The molecule has 1 heterocycles. The molecule has 0 radical (unpaired) electrons. The predicted octanol–water partition coefficient (Wildman–Crippen LogP) is 4.75. The van der Waals surface area contributed by atoms with Crippen LogP contribution in [0.25, 0.3) is 10.2 Å². The molecule has 1 aromatic heterocycles. The van der Waals surface area contributed by atoms with Gasteiger partial charge >= 0.3 is 0 Å². The van der Waals surface area contributed by atoms with Crippen LogP contribution in [0.1, 0.15) is 19.3 Å². The van der Waals surface area contributed by atoms with Crippen LogP contribution in [0.5, 0.6) is 0 Å². The molecule has 5 heteroatoms. The minimum absolute atomic E-state index is 0.587. The number of thiazole rings is 1. The van der Waals surface area contributed by atoms with Crippen LogP contribution >= 0.6 is 39.0 Å². The quantitative estimate of drug-likeness (QED) is 0.870. The lowest BCUT2D eigenvalue weighted by Gasteiger charge is -2.18. The van der Waals surface area contributed by atoms with Crippen LogP contribution in [0.15, 0.2) is 22.7 Å². The molecule has 1 aliphatic rings. The average molecular weight is 343 g/mol. The largest absolute Gasteiger partial charge is 0.358 e. The van der Waals surface area contributed by atoms with E-state index in [1.165, 1.54) is 24.0 Å². The molecule has 0 saturated heterocycles. The topological polar surface area (TPSA) is 24.9 Å². The summed E-state index contributed by atoms with van der Waals surface area (Å²) in [5, 5.41) is 5.43. The molecular formula is C13H15BrN2S2. The van der Waals surface area contributed by atoms with E-state index in [1.807, 2.05) is 17.8 Å². The van der Waals surface area contributed by atoms with Crippen molar-refractivity contribution in [2.75, 3.05) is 11.6 Å². The van der Waals surface area contributed by atoms with Crippen LogP contribution in [0.4, 0.5) is 5.13 Å². The second kappa shape index (κ2) is 5.39. The second-order valence-electron chi connectivity index (χ2n) is 4.59. The number of halogens is 1. The van der Waals surface area contributed by atoms with Crippen molar-refractivity contribution in [3.05, 3.63) is 22.7 Å². The third kappa shape index (κ3) is 2.53. The van der Waals surface area contributed by atoms with Gasteiger partial charge in [0.1, 0.15) is 0 Å². The number of fused-ring (bicyclic) bond motifs is 1. The van der Waals surface area contributed by atoms with Gasteiger partial charge in [0.25, 0.3) is 0 Å². The lowest BCUT2D eigenvalue weighted by atomic mass is 10.2. The molecule has 96 valence electrons. The van der Waals surface area contributed by atoms with Gasteiger partial charge in [0.05, 0.1) is 10.2 Å². The maximum atomic E-state index is 4.66. The highest BCUT2D eigenvalue weighted by molar-refractivity contribution is 9.10. The zero-order valence-corrected chi connectivity index (χ0v) is 13.4. The first-order valence-electron chi connectivity index (χ1n) is 6.11. The predicted molar refractivity (Wildman–Crippen MR) is 85.9 cm³/mol. The van der Waals surface area contributed by atoms with Crippen molar-refractivity contribution in [3.8, 4) is 0 Å². The van der Waals surface area contributed by atoms with E-state index < -0.39 is 0 Å². The highest BCUT2D eigenvalue weighted by Gasteiger charge is 2.26. The van der Waals surface area contributed by atoms with E-state index in [0.717, 1.165) is 20.4 Å².